The van der Waals surface area contributed by atoms with Gasteiger partial charge in [-0.15, -0.1) is 0 Å². The Kier molecular flexibility index (Phi) is 8.48. The minimum atomic E-state index is -0.154. The lowest BCUT2D eigenvalue weighted by Gasteiger charge is -2.18. The summed E-state index contributed by atoms with van der Waals surface area (Å²) in [6.45, 7) is 5.32. The van der Waals surface area contributed by atoms with Crippen molar-refractivity contribution in [2.24, 2.45) is 0 Å². The van der Waals surface area contributed by atoms with Gasteiger partial charge in [0.2, 0.25) is 0 Å². The molecule has 0 aliphatic heterocycles. The molecule has 0 aliphatic carbocycles. The highest BCUT2D eigenvalue weighted by atomic mass is 19.1. The molecule has 0 fully saturated rings. The molecule has 1 N–H and O–H groups in total. The summed E-state index contributed by atoms with van der Waals surface area (Å²) in [6, 6.07) is 7.29. The second kappa shape index (κ2) is 9.96. The molecule has 0 spiro atoms. The molecule has 1 atom stereocenters. The highest BCUT2D eigenvalue weighted by Crippen LogP contribution is 2.20. The van der Waals surface area contributed by atoms with Gasteiger partial charge in [0.15, 0.2) is 0 Å². The number of nitrogens with one attached hydrogen (secondary N) is 1. The molecule has 1 aromatic rings. The maximum Gasteiger partial charge on any atom is 0.123 e. The van der Waals surface area contributed by atoms with Gasteiger partial charge in [-0.2, -0.15) is 0 Å². The highest BCUT2D eigenvalue weighted by molar-refractivity contribution is 5.19. The van der Waals surface area contributed by atoms with Crippen molar-refractivity contribution in [3.05, 3.63) is 35.6 Å². The van der Waals surface area contributed by atoms with Gasteiger partial charge in [-0.05, 0) is 30.7 Å². The first-order chi connectivity index (χ1) is 9.27. The second-order valence-electron chi connectivity index (χ2n) is 5.22. The summed E-state index contributed by atoms with van der Waals surface area (Å²) in [5.74, 6) is -0.154. The van der Waals surface area contributed by atoms with Gasteiger partial charge in [0.1, 0.15) is 5.82 Å². The molecule has 19 heavy (non-hydrogen) atoms. The van der Waals surface area contributed by atoms with Crippen LogP contribution < -0.4 is 5.32 Å². The van der Waals surface area contributed by atoms with E-state index >= 15 is 0 Å². The first-order valence-corrected chi connectivity index (χ1v) is 7.76. The third-order valence-corrected chi connectivity index (χ3v) is 3.57. The van der Waals surface area contributed by atoms with E-state index in [2.05, 4.69) is 19.2 Å². The summed E-state index contributed by atoms with van der Waals surface area (Å²) in [5, 5.41) is 3.50. The lowest BCUT2D eigenvalue weighted by atomic mass is 9.99. The quantitative estimate of drug-likeness (QED) is 0.571. The molecule has 0 saturated heterocycles. The third kappa shape index (κ3) is 6.72. The number of benzene rings is 1. The Balaban J connectivity index is 2.34. The van der Waals surface area contributed by atoms with Gasteiger partial charge in [0.05, 0.1) is 0 Å². The molecule has 1 rings (SSSR count). The zero-order valence-electron chi connectivity index (χ0n) is 12.4. The smallest absolute Gasteiger partial charge is 0.123 e. The van der Waals surface area contributed by atoms with Crippen LogP contribution in [0.25, 0.3) is 0 Å². The molecule has 108 valence electrons. The zero-order chi connectivity index (χ0) is 13.9. The van der Waals surface area contributed by atoms with Crippen LogP contribution in [-0.2, 0) is 0 Å². The molecule has 0 bridgehead atoms. The minimum absolute atomic E-state index is 0.154. The van der Waals surface area contributed by atoms with Gasteiger partial charge in [-0.1, -0.05) is 64.5 Å². The van der Waals surface area contributed by atoms with Crippen LogP contribution in [0.15, 0.2) is 24.3 Å². The van der Waals surface area contributed by atoms with Gasteiger partial charge >= 0.3 is 0 Å². The standard InChI is InChI=1S/C17H28FN/c1-3-5-6-7-8-9-10-17(19-4-2)15-11-13-16(18)14-12-15/h11-14,17,19H,3-10H2,1-2H3. The molecule has 0 aliphatic rings. The number of halogens is 1. The van der Waals surface area contributed by atoms with Gasteiger partial charge in [0.25, 0.3) is 0 Å². The van der Waals surface area contributed by atoms with E-state index in [1.807, 2.05) is 12.1 Å². The van der Waals surface area contributed by atoms with Crippen LogP contribution in [-0.4, -0.2) is 6.54 Å². The maximum absolute atomic E-state index is 12.9. The van der Waals surface area contributed by atoms with E-state index in [1.165, 1.54) is 44.1 Å². The van der Waals surface area contributed by atoms with Gasteiger partial charge in [0, 0.05) is 6.04 Å². The number of rotatable bonds is 10. The summed E-state index contributed by atoms with van der Waals surface area (Å²) in [7, 11) is 0. The molecule has 0 aromatic heterocycles. The fourth-order valence-electron chi connectivity index (χ4n) is 2.46. The summed E-state index contributed by atoms with van der Waals surface area (Å²) < 4.78 is 12.9. The monoisotopic (exact) mass is 265 g/mol. The molecular weight excluding hydrogens is 237 g/mol. The molecule has 1 unspecified atom stereocenters. The van der Waals surface area contributed by atoms with E-state index in [9.17, 15) is 4.39 Å². The molecule has 0 heterocycles. The highest BCUT2D eigenvalue weighted by Gasteiger charge is 2.09. The van der Waals surface area contributed by atoms with Crippen LogP contribution in [0.2, 0.25) is 0 Å². The van der Waals surface area contributed by atoms with Gasteiger partial charge in [-0.25, -0.2) is 4.39 Å². The van der Waals surface area contributed by atoms with Crippen molar-refractivity contribution >= 4 is 0 Å². The van der Waals surface area contributed by atoms with Crippen molar-refractivity contribution in [1.29, 1.82) is 0 Å². The predicted molar refractivity (Wildman–Crippen MR) is 80.8 cm³/mol. The van der Waals surface area contributed by atoms with Gasteiger partial charge in [-0.3, -0.25) is 0 Å². The van der Waals surface area contributed by atoms with E-state index in [1.54, 1.807) is 12.1 Å². The molecule has 0 amide bonds. The Bertz CT molecular complexity index is 321. The Morgan fingerprint density at radius 1 is 0.947 bits per heavy atom. The van der Waals surface area contributed by atoms with Crippen LogP contribution >= 0.6 is 0 Å². The fraction of sp³-hybridized carbons (Fsp3) is 0.647. The lowest BCUT2D eigenvalue weighted by Crippen LogP contribution is -2.20. The SMILES string of the molecule is CCCCCCCCC(NCC)c1ccc(F)cc1. The van der Waals surface area contributed by atoms with E-state index in [4.69, 9.17) is 0 Å². The van der Waals surface area contributed by atoms with Crippen molar-refractivity contribution < 1.29 is 4.39 Å². The Labute approximate surface area is 117 Å². The Hall–Kier alpha value is -0.890. The molecule has 0 saturated carbocycles. The average molecular weight is 265 g/mol. The Morgan fingerprint density at radius 3 is 2.21 bits per heavy atom. The van der Waals surface area contributed by atoms with Crippen LogP contribution in [0.1, 0.15) is 70.4 Å². The molecule has 2 heteroatoms. The second-order valence-corrected chi connectivity index (χ2v) is 5.22. The van der Waals surface area contributed by atoms with Gasteiger partial charge < -0.3 is 5.32 Å². The summed E-state index contributed by atoms with van der Waals surface area (Å²) >= 11 is 0. The normalized spacial score (nSPS) is 12.6. The predicted octanol–water partition coefficient (Wildman–Crippen LogP) is 5.23. The number of hydrogen-bond donors (Lipinski definition) is 1. The van der Waals surface area contributed by atoms with Crippen molar-refractivity contribution in [1.82, 2.24) is 5.32 Å². The first-order valence-electron chi connectivity index (χ1n) is 7.76. The molecule has 1 aromatic carbocycles. The van der Waals surface area contributed by atoms with Crippen LogP contribution in [0, 0.1) is 5.82 Å². The Morgan fingerprint density at radius 2 is 1.58 bits per heavy atom. The topological polar surface area (TPSA) is 12.0 Å². The fourth-order valence-corrected chi connectivity index (χ4v) is 2.46. The van der Waals surface area contributed by atoms with Crippen molar-refractivity contribution in [3.8, 4) is 0 Å². The van der Waals surface area contributed by atoms with Crippen LogP contribution in [0.3, 0.4) is 0 Å². The number of unbranched alkanes of at least 4 members (excludes halogenated alkanes) is 5. The summed E-state index contributed by atoms with van der Waals surface area (Å²) in [4.78, 5) is 0. The largest absolute Gasteiger partial charge is 0.310 e. The third-order valence-electron chi connectivity index (χ3n) is 3.57. The van der Waals surface area contributed by atoms with Crippen molar-refractivity contribution in [3.63, 3.8) is 0 Å². The molecule has 0 radical (unpaired) electrons. The maximum atomic E-state index is 12.9. The van der Waals surface area contributed by atoms with E-state index < -0.39 is 0 Å². The van der Waals surface area contributed by atoms with E-state index in [0.29, 0.717) is 6.04 Å². The minimum Gasteiger partial charge on any atom is -0.310 e. The van der Waals surface area contributed by atoms with Crippen molar-refractivity contribution in [2.45, 2.75) is 64.8 Å². The first kappa shape index (κ1) is 16.2. The number of hydrogen-bond acceptors (Lipinski definition) is 1. The zero-order valence-corrected chi connectivity index (χ0v) is 12.4. The summed E-state index contributed by atoms with van der Waals surface area (Å²) in [5.41, 5.74) is 1.21. The van der Waals surface area contributed by atoms with E-state index in [0.717, 1.165) is 13.0 Å². The molecular formula is C17H28FN. The van der Waals surface area contributed by atoms with E-state index in [-0.39, 0.29) is 5.82 Å². The van der Waals surface area contributed by atoms with Crippen LogP contribution in [0.5, 0.6) is 0 Å². The lowest BCUT2D eigenvalue weighted by molar-refractivity contribution is 0.476. The molecule has 1 nitrogen and oxygen atoms in total. The van der Waals surface area contributed by atoms with Crippen LogP contribution in [0.4, 0.5) is 4.39 Å². The summed E-state index contributed by atoms with van der Waals surface area (Å²) in [6.07, 6.45) is 9.06. The van der Waals surface area contributed by atoms with Crippen molar-refractivity contribution in [2.75, 3.05) is 6.54 Å². The average Bonchev–Trinajstić information content (AvgIpc) is 2.42.